The second-order valence-electron chi connectivity index (χ2n) is 5.33. The van der Waals surface area contributed by atoms with Crippen LogP contribution in [0.1, 0.15) is 51.3 Å². The molecular formula is C17H23N3O. The van der Waals surface area contributed by atoms with Gasteiger partial charge in [0.15, 0.2) is 0 Å². The minimum absolute atomic E-state index is 0.179. The summed E-state index contributed by atoms with van der Waals surface area (Å²) in [4.78, 5) is 23.0. The first kappa shape index (κ1) is 15.4. The summed E-state index contributed by atoms with van der Waals surface area (Å²) in [5.41, 5.74) is 1.61. The molecule has 2 rings (SSSR count). The van der Waals surface area contributed by atoms with Gasteiger partial charge in [-0.1, -0.05) is 39.0 Å². The fraction of sp³-hybridized carbons (Fsp3) is 0.471. The third-order valence-corrected chi connectivity index (χ3v) is 3.55. The summed E-state index contributed by atoms with van der Waals surface area (Å²) in [5, 5.41) is 0. The first-order valence-electron chi connectivity index (χ1n) is 7.80. The number of H-pyrrole nitrogens is 1. The lowest BCUT2D eigenvalue weighted by atomic mass is 10.1. The van der Waals surface area contributed by atoms with Gasteiger partial charge in [0.1, 0.15) is 5.82 Å². The van der Waals surface area contributed by atoms with E-state index in [9.17, 15) is 4.79 Å². The van der Waals surface area contributed by atoms with Gasteiger partial charge in [-0.3, -0.25) is 9.78 Å². The van der Waals surface area contributed by atoms with E-state index in [2.05, 4.69) is 21.9 Å². The lowest BCUT2D eigenvalue weighted by Gasteiger charge is -2.05. The monoisotopic (exact) mass is 285 g/mol. The van der Waals surface area contributed by atoms with Gasteiger partial charge in [0, 0.05) is 30.4 Å². The molecule has 0 amide bonds. The molecule has 112 valence electrons. The lowest BCUT2D eigenvalue weighted by molar-refractivity contribution is 0.600. The van der Waals surface area contributed by atoms with Crippen molar-refractivity contribution in [2.75, 3.05) is 0 Å². The van der Waals surface area contributed by atoms with Crippen molar-refractivity contribution in [3.63, 3.8) is 0 Å². The summed E-state index contributed by atoms with van der Waals surface area (Å²) in [6, 6.07) is 5.32. The van der Waals surface area contributed by atoms with Crippen LogP contribution in [0, 0.1) is 0 Å². The van der Waals surface area contributed by atoms with Crippen LogP contribution in [0.4, 0.5) is 0 Å². The van der Waals surface area contributed by atoms with Crippen LogP contribution in [0.15, 0.2) is 35.4 Å². The SMILES string of the molecule is CCCCCCCCc1nc(=O)cc(-c2ccncc2)[nH]1. The average Bonchev–Trinajstić information content (AvgIpc) is 2.51. The second kappa shape index (κ2) is 8.35. The van der Waals surface area contributed by atoms with E-state index in [4.69, 9.17) is 0 Å². The van der Waals surface area contributed by atoms with Crippen molar-refractivity contribution in [1.82, 2.24) is 15.0 Å². The number of pyridine rings is 1. The van der Waals surface area contributed by atoms with E-state index in [0.717, 1.165) is 29.9 Å². The van der Waals surface area contributed by atoms with Crippen molar-refractivity contribution in [3.05, 3.63) is 46.8 Å². The zero-order chi connectivity index (χ0) is 14.9. The molecular weight excluding hydrogens is 262 g/mol. The molecule has 0 fully saturated rings. The molecule has 2 aromatic rings. The third kappa shape index (κ3) is 5.14. The van der Waals surface area contributed by atoms with Crippen LogP contribution in [0.5, 0.6) is 0 Å². The van der Waals surface area contributed by atoms with E-state index < -0.39 is 0 Å². The molecule has 0 aliphatic carbocycles. The Balaban J connectivity index is 1.95. The number of aryl methyl sites for hydroxylation is 1. The van der Waals surface area contributed by atoms with Crippen molar-refractivity contribution in [3.8, 4) is 11.3 Å². The van der Waals surface area contributed by atoms with E-state index in [1.165, 1.54) is 32.1 Å². The minimum atomic E-state index is -0.179. The highest BCUT2D eigenvalue weighted by Gasteiger charge is 2.03. The molecule has 1 N–H and O–H groups in total. The zero-order valence-electron chi connectivity index (χ0n) is 12.6. The fourth-order valence-electron chi connectivity index (χ4n) is 2.39. The summed E-state index contributed by atoms with van der Waals surface area (Å²) in [5.74, 6) is 0.782. The molecule has 2 aromatic heterocycles. The fourth-order valence-corrected chi connectivity index (χ4v) is 2.39. The first-order chi connectivity index (χ1) is 10.3. The maximum absolute atomic E-state index is 11.7. The maximum Gasteiger partial charge on any atom is 0.273 e. The van der Waals surface area contributed by atoms with Gasteiger partial charge in [-0.25, -0.2) is 0 Å². The highest BCUT2D eigenvalue weighted by Crippen LogP contribution is 2.14. The predicted molar refractivity (Wildman–Crippen MR) is 85.2 cm³/mol. The number of unbranched alkanes of at least 4 members (excludes halogenated alkanes) is 5. The highest BCUT2D eigenvalue weighted by molar-refractivity contribution is 5.57. The van der Waals surface area contributed by atoms with Gasteiger partial charge in [0.25, 0.3) is 5.56 Å². The smallest absolute Gasteiger partial charge is 0.273 e. The quantitative estimate of drug-likeness (QED) is 0.752. The summed E-state index contributed by atoms with van der Waals surface area (Å²) < 4.78 is 0. The number of aromatic nitrogens is 3. The Kier molecular flexibility index (Phi) is 6.13. The molecule has 0 aliphatic heterocycles. The number of nitrogens with one attached hydrogen (secondary N) is 1. The molecule has 0 saturated carbocycles. The second-order valence-corrected chi connectivity index (χ2v) is 5.33. The summed E-state index contributed by atoms with van der Waals surface area (Å²) in [6.07, 6.45) is 11.7. The normalized spacial score (nSPS) is 10.7. The molecule has 21 heavy (non-hydrogen) atoms. The zero-order valence-corrected chi connectivity index (χ0v) is 12.6. The number of aromatic amines is 1. The maximum atomic E-state index is 11.7. The van der Waals surface area contributed by atoms with E-state index in [1.54, 1.807) is 18.5 Å². The van der Waals surface area contributed by atoms with Crippen LogP contribution in [0.3, 0.4) is 0 Å². The van der Waals surface area contributed by atoms with E-state index in [1.807, 2.05) is 12.1 Å². The molecule has 4 heteroatoms. The Bertz CT molecular complexity index is 592. The van der Waals surface area contributed by atoms with Gasteiger partial charge < -0.3 is 4.98 Å². The average molecular weight is 285 g/mol. The van der Waals surface area contributed by atoms with Crippen LogP contribution in [0.25, 0.3) is 11.3 Å². The van der Waals surface area contributed by atoms with Crippen LogP contribution in [-0.2, 0) is 6.42 Å². The molecule has 0 spiro atoms. The van der Waals surface area contributed by atoms with Crippen LogP contribution < -0.4 is 5.56 Å². The van der Waals surface area contributed by atoms with Crippen molar-refractivity contribution >= 4 is 0 Å². The van der Waals surface area contributed by atoms with E-state index >= 15 is 0 Å². The molecule has 0 unspecified atom stereocenters. The summed E-state index contributed by atoms with van der Waals surface area (Å²) >= 11 is 0. The van der Waals surface area contributed by atoms with Crippen LogP contribution >= 0.6 is 0 Å². The van der Waals surface area contributed by atoms with Crippen molar-refractivity contribution < 1.29 is 0 Å². The Morgan fingerprint density at radius 3 is 2.52 bits per heavy atom. The summed E-state index contributed by atoms with van der Waals surface area (Å²) in [6.45, 7) is 2.22. The topological polar surface area (TPSA) is 58.6 Å². The van der Waals surface area contributed by atoms with Gasteiger partial charge in [0.2, 0.25) is 0 Å². The first-order valence-corrected chi connectivity index (χ1v) is 7.80. The van der Waals surface area contributed by atoms with Gasteiger partial charge in [-0.15, -0.1) is 0 Å². The van der Waals surface area contributed by atoms with Gasteiger partial charge >= 0.3 is 0 Å². The minimum Gasteiger partial charge on any atom is -0.343 e. The van der Waals surface area contributed by atoms with E-state index in [0.29, 0.717) is 0 Å². The molecule has 0 bridgehead atoms. The predicted octanol–water partition coefficient (Wildman–Crippen LogP) is 3.73. The standard InChI is InChI=1S/C17H23N3O/c1-2-3-4-5-6-7-8-16-19-15(13-17(21)20-16)14-9-11-18-12-10-14/h9-13H,2-8H2,1H3,(H,19,20,21). The Morgan fingerprint density at radius 1 is 1.05 bits per heavy atom. The van der Waals surface area contributed by atoms with Crippen molar-refractivity contribution in [1.29, 1.82) is 0 Å². The number of rotatable bonds is 8. The molecule has 0 saturated heterocycles. The number of hydrogen-bond donors (Lipinski definition) is 1. The Hall–Kier alpha value is -1.97. The molecule has 4 nitrogen and oxygen atoms in total. The van der Waals surface area contributed by atoms with Gasteiger partial charge in [-0.05, 0) is 18.6 Å². The van der Waals surface area contributed by atoms with Crippen molar-refractivity contribution in [2.24, 2.45) is 0 Å². The molecule has 2 heterocycles. The molecule has 0 aromatic carbocycles. The Labute approximate surface area is 125 Å². The van der Waals surface area contributed by atoms with E-state index in [-0.39, 0.29) is 5.56 Å². The lowest BCUT2D eigenvalue weighted by Crippen LogP contribution is -2.11. The third-order valence-electron chi connectivity index (χ3n) is 3.55. The van der Waals surface area contributed by atoms with Crippen LogP contribution in [-0.4, -0.2) is 15.0 Å². The van der Waals surface area contributed by atoms with Crippen LogP contribution in [0.2, 0.25) is 0 Å². The Morgan fingerprint density at radius 2 is 1.76 bits per heavy atom. The number of hydrogen-bond acceptors (Lipinski definition) is 3. The number of nitrogens with zero attached hydrogens (tertiary/aromatic N) is 2. The van der Waals surface area contributed by atoms with Crippen molar-refractivity contribution in [2.45, 2.75) is 51.9 Å². The molecule has 0 radical (unpaired) electrons. The molecule has 0 atom stereocenters. The largest absolute Gasteiger partial charge is 0.343 e. The highest BCUT2D eigenvalue weighted by atomic mass is 16.1. The van der Waals surface area contributed by atoms with Gasteiger partial charge in [-0.2, -0.15) is 4.98 Å². The molecule has 0 aliphatic rings. The van der Waals surface area contributed by atoms with Gasteiger partial charge in [0.05, 0.1) is 5.69 Å². The summed E-state index contributed by atoms with van der Waals surface area (Å²) in [7, 11) is 0.